The number of nitrogens with zero attached hydrogens (tertiary/aromatic N) is 2. The van der Waals surface area contributed by atoms with E-state index in [0.717, 1.165) is 28.6 Å². The maximum absolute atomic E-state index is 15.8. The summed E-state index contributed by atoms with van der Waals surface area (Å²) in [6.07, 6.45) is -0.515. The molecule has 8 heteroatoms. The molecule has 2 aliphatic rings. The first-order valence-electron chi connectivity index (χ1n) is 13.0. The van der Waals surface area contributed by atoms with Crippen LogP contribution in [0.1, 0.15) is 61.8 Å². The second-order valence-electron chi connectivity index (χ2n) is 11.3. The van der Waals surface area contributed by atoms with Crippen molar-refractivity contribution in [2.75, 3.05) is 32.9 Å². The summed E-state index contributed by atoms with van der Waals surface area (Å²) >= 11 is 0. The molecule has 1 saturated heterocycles. The maximum Gasteiger partial charge on any atom is 0.131 e. The summed E-state index contributed by atoms with van der Waals surface area (Å²) in [5.74, 6) is -2.06. The summed E-state index contributed by atoms with van der Waals surface area (Å²) in [5, 5.41) is 0.983. The summed E-state index contributed by atoms with van der Waals surface area (Å²) in [7, 11) is 0. The average molecular weight is 520 g/mol. The number of hydrogen-bond donors (Lipinski definition) is 1. The van der Waals surface area contributed by atoms with Gasteiger partial charge in [0.25, 0.3) is 0 Å². The van der Waals surface area contributed by atoms with Gasteiger partial charge in [-0.15, -0.1) is 0 Å². The number of hydrogen-bond acceptors (Lipinski definition) is 2. The van der Waals surface area contributed by atoms with E-state index in [2.05, 4.69) is 4.98 Å². The van der Waals surface area contributed by atoms with Gasteiger partial charge in [0, 0.05) is 60.3 Å². The van der Waals surface area contributed by atoms with Gasteiger partial charge in [0.1, 0.15) is 23.5 Å². The summed E-state index contributed by atoms with van der Waals surface area (Å²) in [4.78, 5) is 7.09. The molecule has 0 radical (unpaired) electrons. The Hall–Kier alpha value is -2.45. The van der Waals surface area contributed by atoms with Gasteiger partial charge in [-0.1, -0.05) is 18.2 Å². The molecule has 0 amide bonds. The summed E-state index contributed by atoms with van der Waals surface area (Å²) in [6, 6.07) is 8.82. The van der Waals surface area contributed by atoms with Crippen LogP contribution in [-0.2, 0) is 6.42 Å². The van der Waals surface area contributed by atoms with Crippen LogP contribution in [0.4, 0.5) is 22.0 Å². The third-order valence-corrected chi connectivity index (χ3v) is 7.78. The Labute approximate surface area is 214 Å². The van der Waals surface area contributed by atoms with Crippen molar-refractivity contribution in [3.8, 4) is 0 Å². The van der Waals surface area contributed by atoms with Gasteiger partial charge in [-0.2, -0.15) is 0 Å². The van der Waals surface area contributed by atoms with E-state index in [1.165, 1.54) is 13.8 Å². The van der Waals surface area contributed by atoms with E-state index in [1.807, 2.05) is 36.1 Å². The van der Waals surface area contributed by atoms with Gasteiger partial charge < -0.3 is 9.88 Å². The lowest BCUT2D eigenvalue weighted by Crippen LogP contribution is -2.49. The average Bonchev–Trinajstić information content (AvgIpc) is 3.16. The fourth-order valence-electron chi connectivity index (χ4n) is 6.06. The minimum absolute atomic E-state index is 0.0171. The maximum atomic E-state index is 15.8. The van der Waals surface area contributed by atoms with Crippen molar-refractivity contribution in [1.29, 1.82) is 0 Å². The number of fused-ring (bicyclic) bond motifs is 3. The molecule has 200 valence electrons. The topological polar surface area (TPSA) is 22.3 Å². The Morgan fingerprint density at radius 2 is 1.78 bits per heavy atom. The molecule has 3 heterocycles. The monoisotopic (exact) mass is 519 g/mol. The zero-order valence-electron chi connectivity index (χ0n) is 21.5. The molecule has 2 aromatic carbocycles. The van der Waals surface area contributed by atoms with Gasteiger partial charge in [0.2, 0.25) is 0 Å². The van der Waals surface area contributed by atoms with Crippen molar-refractivity contribution in [1.82, 2.24) is 14.8 Å². The van der Waals surface area contributed by atoms with Crippen LogP contribution in [0.3, 0.4) is 0 Å². The summed E-state index contributed by atoms with van der Waals surface area (Å²) in [5.41, 5.74) is 0.647. The lowest BCUT2D eigenvalue weighted by molar-refractivity contribution is 0.0360. The molecule has 0 bridgehead atoms. The first-order valence-corrected chi connectivity index (χ1v) is 13.0. The van der Waals surface area contributed by atoms with Crippen molar-refractivity contribution >= 4 is 10.9 Å². The molecule has 3 aromatic rings. The number of halogens is 5. The number of rotatable bonds is 8. The van der Waals surface area contributed by atoms with Crippen LogP contribution in [0.25, 0.3) is 10.9 Å². The highest BCUT2D eigenvalue weighted by Crippen LogP contribution is 2.44. The SMILES string of the molecule is C[C@@H]1Cc2c([nH]c3ccccc23)[C@@H](c2c(F)cc(C(F)C3CN(CCCF)C3)cc2F)N1CC(C)(C)F. The Morgan fingerprint density at radius 1 is 1.11 bits per heavy atom. The molecule has 5 rings (SSSR count). The predicted molar refractivity (Wildman–Crippen MR) is 136 cm³/mol. The van der Waals surface area contributed by atoms with Crippen LogP contribution in [0.15, 0.2) is 36.4 Å². The van der Waals surface area contributed by atoms with Crippen LogP contribution in [0.2, 0.25) is 0 Å². The normalized spacial score (nSPS) is 22.3. The lowest BCUT2D eigenvalue weighted by Gasteiger charge is -2.43. The van der Waals surface area contributed by atoms with Gasteiger partial charge in [0.05, 0.1) is 12.7 Å². The van der Waals surface area contributed by atoms with Gasteiger partial charge in [-0.25, -0.2) is 17.6 Å². The second-order valence-corrected chi connectivity index (χ2v) is 11.3. The van der Waals surface area contributed by atoms with E-state index in [0.29, 0.717) is 38.2 Å². The molecular weight excluding hydrogens is 485 g/mol. The van der Waals surface area contributed by atoms with Crippen LogP contribution >= 0.6 is 0 Å². The smallest absolute Gasteiger partial charge is 0.131 e. The molecule has 3 nitrogen and oxygen atoms in total. The number of benzene rings is 2. The molecule has 1 N–H and O–H groups in total. The van der Waals surface area contributed by atoms with Crippen molar-refractivity contribution in [2.45, 2.75) is 57.5 Å². The fraction of sp³-hybridized carbons (Fsp3) is 0.517. The lowest BCUT2D eigenvalue weighted by atomic mass is 9.85. The number of para-hydroxylation sites is 1. The van der Waals surface area contributed by atoms with Gasteiger partial charge in [0.15, 0.2) is 0 Å². The van der Waals surface area contributed by atoms with Crippen LogP contribution in [0, 0.1) is 17.6 Å². The number of aromatic nitrogens is 1. The highest BCUT2D eigenvalue weighted by molar-refractivity contribution is 5.85. The predicted octanol–water partition coefficient (Wildman–Crippen LogP) is 6.83. The quantitative estimate of drug-likeness (QED) is 0.330. The van der Waals surface area contributed by atoms with E-state index in [9.17, 15) is 8.78 Å². The zero-order chi connectivity index (χ0) is 26.5. The molecule has 1 unspecified atom stereocenters. The van der Waals surface area contributed by atoms with Crippen molar-refractivity contribution < 1.29 is 22.0 Å². The number of alkyl halides is 3. The molecule has 2 aliphatic heterocycles. The third-order valence-electron chi connectivity index (χ3n) is 7.78. The van der Waals surface area contributed by atoms with Crippen molar-refractivity contribution in [3.63, 3.8) is 0 Å². The Kier molecular flexibility index (Phi) is 7.09. The van der Waals surface area contributed by atoms with Gasteiger partial charge in [-0.3, -0.25) is 9.29 Å². The molecule has 37 heavy (non-hydrogen) atoms. The molecule has 0 saturated carbocycles. The van der Waals surface area contributed by atoms with Gasteiger partial charge in [-0.05, 0) is 62.9 Å². The second kappa shape index (κ2) is 10.0. The first kappa shape index (κ1) is 26.2. The Morgan fingerprint density at radius 3 is 2.43 bits per heavy atom. The zero-order valence-corrected chi connectivity index (χ0v) is 21.5. The minimum atomic E-state index is -1.59. The summed E-state index contributed by atoms with van der Waals surface area (Å²) < 4.78 is 74.1. The number of likely N-dealkylation sites (tertiary alicyclic amines) is 1. The molecule has 0 aliphatic carbocycles. The highest BCUT2D eigenvalue weighted by atomic mass is 19.2. The van der Waals surface area contributed by atoms with Crippen LogP contribution in [0.5, 0.6) is 0 Å². The Balaban J connectivity index is 1.52. The van der Waals surface area contributed by atoms with Crippen LogP contribution in [-0.4, -0.2) is 59.3 Å². The van der Waals surface area contributed by atoms with E-state index in [-0.39, 0.29) is 29.6 Å². The number of aromatic amines is 1. The molecule has 1 fully saturated rings. The van der Waals surface area contributed by atoms with E-state index >= 15 is 13.2 Å². The molecular formula is C29H34F5N3. The number of nitrogens with one attached hydrogen (secondary N) is 1. The molecule has 3 atom stereocenters. The van der Waals surface area contributed by atoms with Crippen molar-refractivity contribution in [2.24, 2.45) is 5.92 Å². The molecule has 0 spiro atoms. The standard InChI is InChI=1S/C29H34F5N3/c1-17-11-21-20-7-4-5-8-24(20)35-27(21)28(37(17)16-29(2,3)34)25-22(31)12-18(13-23(25)32)26(33)19-14-36(15-19)10-6-9-30/h4-5,7-8,12-13,17,19,26,28,35H,6,9-11,14-16H2,1-3H3/t17-,26?,28-/m1/s1. The van der Waals surface area contributed by atoms with E-state index in [4.69, 9.17) is 0 Å². The van der Waals surface area contributed by atoms with E-state index < -0.39 is 36.2 Å². The first-order chi connectivity index (χ1) is 17.6. The largest absolute Gasteiger partial charge is 0.357 e. The van der Waals surface area contributed by atoms with Gasteiger partial charge >= 0.3 is 0 Å². The minimum Gasteiger partial charge on any atom is -0.357 e. The van der Waals surface area contributed by atoms with Crippen molar-refractivity contribution in [3.05, 3.63) is 70.4 Å². The third kappa shape index (κ3) is 5.02. The Bertz CT molecular complexity index is 1240. The fourth-order valence-corrected chi connectivity index (χ4v) is 6.06. The van der Waals surface area contributed by atoms with E-state index in [1.54, 1.807) is 4.90 Å². The summed E-state index contributed by atoms with van der Waals surface area (Å²) in [6.45, 7) is 5.83. The van der Waals surface area contributed by atoms with Crippen LogP contribution < -0.4 is 0 Å². The highest BCUT2D eigenvalue weighted by Gasteiger charge is 2.42. The molecule has 1 aromatic heterocycles. The number of H-pyrrole nitrogens is 1.